The van der Waals surface area contributed by atoms with Gasteiger partial charge in [-0.2, -0.15) is 0 Å². The summed E-state index contributed by atoms with van der Waals surface area (Å²) in [6.07, 6.45) is 2.02. The van der Waals surface area contributed by atoms with Crippen molar-refractivity contribution >= 4 is 17.4 Å². The quantitative estimate of drug-likeness (QED) is 0.624. The predicted molar refractivity (Wildman–Crippen MR) is 76.3 cm³/mol. The van der Waals surface area contributed by atoms with Crippen molar-refractivity contribution in [3.63, 3.8) is 0 Å². The van der Waals surface area contributed by atoms with Crippen LogP contribution < -0.4 is 10.6 Å². The van der Waals surface area contributed by atoms with Crippen LogP contribution in [0.15, 0.2) is 12.3 Å². The van der Waals surface area contributed by atoms with E-state index in [1.165, 1.54) is 6.07 Å². The van der Waals surface area contributed by atoms with Crippen LogP contribution in [0.4, 0.5) is 11.5 Å². The van der Waals surface area contributed by atoms with Crippen molar-refractivity contribution in [3.8, 4) is 0 Å². The lowest BCUT2D eigenvalue weighted by atomic mass is 10.0. The van der Waals surface area contributed by atoms with Crippen molar-refractivity contribution in [1.82, 2.24) is 10.3 Å². The van der Waals surface area contributed by atoms with Crippen LogP contribution in [0.5, 0.6) is 0 Å². The third kappa shape index (κ3) is 3.46. The maximum Gasteiger partial charge on any atom is 0.288 e. The van der Waals surface area contributed by atoms with Gasteiger partial charge in [0.15, 0.2) is 0 Å². The number of amides is 1. The zero-order valence-corrected chi connectivity index (χ0v) is 12.0. The van der Waals surface area contributed by atoms with Gasteiger partial charge in [-0.25, -0.2) is 4.98 Å². The first-order chi connectivity index (χ1) is 10.0. The zero-order chi connectivity index (χ0) is 15.4. The van der Waals surface area contributed by atoms with Gasteiger partial charge in [-0.1, -0.05) is 0 Å². The molecule has 1 fully saturated rings. The summed E-state index contributed by atoms with van der Waals surface area (Å²) in [5.74, 6) is 0.196. The van der Waals surface area contributed by atoms with Gasteiger partial charge in [0.25, 0.3) is 11.6 Å². The Bertz CT molecular complexity index is 543. The van der Waals surface area contributed by atoms with Gasteiger partial charge in [0.05, 0.1) is 17.1 Å². The van der Waals surface area contributed by atoms with E-state index in [-0.39, 0.29) is 29.1 Å². The van der Waals surface area contributed by atoms with Gasteiger partial charge in [0, 0.05) is 31.7 Å². The molecule has 1 aromatic heterocycles. The van der Waals surface area contributed by atoms with Crippen molar-refractivity contribution in [2.75, 3.05) is 25.6 Å². The fraction of sp³-hybridized carbons (Fsp3) is 0.538. The average Bonchev–Trinajstić information content (AvgIpc) is 3.00. The van der Waals surface area contributed by atoms with Crippen LogP contribution in [0.1, 0.15) is 23.7 Å². The number of ether oxygens (including phenoxy) is 1. The maximum absolute atomic E-state index is 12.3. The van der Waals surface area contributed by atoms with Crippen LogP contribution in [0.25, 0.3) is 0 Å². The van der Waals surface area contributed by atoms with E-state index in [1.807, 2.05) is 6.92 Å². The number of anilines is 1. The number of aromatic nitrogens is 1. The van der Waals surface area contributed by atoms with E-state index >= 15 is 0 Å². The van der Waals surface area contributed by atoms with Gasteiger partial charge in [-0.15, -0.1) is 0 Å². The fourth-order valence-corrected chi connectivity index (χ4v) is 2.28. The number of nitro groups is 1. The molecule has 1 aromatic rings. The molecule has 2 heterocycles. The minimum atomic E-state index is -0.572. The van der Waals surface area contributed by atoms with Crippen LogP contribution in [-0.4, -0.2) is 42.1 Å². The molecule has 0 radical (unpaired) electrons. The summed E-state index contributed by atoms with van der Waals surface area (Å²) in [5, 5.41) is 16.4. The predicted octanol–water partition coefficient (Wildman–Crippen LogP) is 1.19. The first kappa shape index (κ1) is 15.2. The third-order valence-corrected chi connectivity index (χ3v) is 3.60. The normalized spacial score (nSPS) is 19.0. The fourth-order valence-electron chi connectivity index (χ4n) is 2.28. The monoisotopic (exact) mass is 294 g/mol. The van der Waals surface area contributed by atoms with Gasteiger partial charge >= 0.3 is 0 Å². The van der Waals surface area contributed by atoms with Gasteiger partial charge in [0.2, 0.25) is 0 Å². The number of carbonyl (C=O) groups is 1. The molecule has 2 N–H and O–H groups in total. The standard InChI is InChI=1S/C13H18N4O4/c1-8(9-3-4-21-7-9)16-13(18)11-5-10(17(19)20)6-15-12(11)14-2/h5-6,8-9H,3-4,7H2,1-2H3,(H,14,15)(H,16,18). The molecule has 0 aliphatic carbocycles. The largest absolute Gasteiger partial charge is 0.381 e. The summed E-state index contributed by atoms with van der Waals surface area (Å²) in [6, 6.07) is 1.16. The van der Waals surface area contributed by atoms with E-state index < -0.39 is 4.92 Å². The Kier molecular flexibility index (Phi) is 4.69. The Morgan fingerprint density at radius 1 is 1.62 bits per heavy atom. The Morgan fingerprint density at radius 2 is 2.38 bits per heavy atom. The molecule has 8 heteroatoms. The van der Waals surface area contributed by atoms with Crippen molar-refractivity contribution in [3.05, 3.63) is 27.9 Å². The molecule has 1 aliphatic heterocycles. The lowest BCUT2D eigenvalue weighted by Gasteiger charge is -2.19. The molecule has 0 saturated carbocycles. The van der Waals surface area contributed by atoms with Crippen molar-refractivity contribution in [2.24, 2.45) is 5.92 Å². The number of carbonyl (C=O) groups excluding carboxylic acids is 1. The third-order valence-electron chi connectivity index (χ3n) is 3.60. The van der Waals surface area contributed by atoms with Crippen LogP contribution >= 0.6 is 0 Å². The van der Waals surface area contributed by atoms with Gasteiger partial charge < -0.3 is 15.4 Å². The number of rotatable bonds is 5. The van der Waals surface area contributed by atoms with E-state index in [0.717, 1.165) is 12.6 Å². The van der Waals surface area contributed by atoms with Crippen LogP contribution in [0.3, 0.4) is 0 Å². The van der Waals surface area contributed by atoms with Crippen molar-refractivity contribution in [1.29, 1.82) is 0 Å². The molecule has 21 heavy (non-hydrogen) atoms. The minimum Gasteiger partial charge on any atom is -0.381 e. The molecule has 0 aromatic carbocycles. The maximum atomic E-state index is 12.3. The van der Waals surface area contributed by atoms with Crippen molar-refractivity contribution in [2.45, 2.75) is 19.4 Å². The molecular weight excluding hydrogens is 276 g/mol. The molecule has 1 saturated heterocycles. The molecule has 8 nitrogen and oxygen atoms in total. The number of nitrogens with zero attached hydrogens (tertiary/aromatic N) is 2. The number of hydrogen-bond acceptors (Lipinski definition) is 6. The molecule has 1 aliphatic rings. The van der Waals surface area contributed by atoms with E-state index in [2.05, 4.69) is 15.6 Å². The van der Waals surface area contributed by atoms with Crippen molar-refractivity contribution < 1.29 is 14.5 Å². The smallest absolute Gasteiger partial charge is 0.288 e. The summed E-state index contributed by atoms with van der Waals surface area (Å²) in [7, 11) is 1.61. The lowest BCUT2D eigenvalue weighted by molar-refractivity contribution is -0.385. The summed E-state index contributed by atoms with van der Waals surface area (Å²) in [5.41, 5.74) is -0.0477. The van der Waals surface area contributed by atoms with Gasteiger partial charge in [0.1, 0.15) is 12.0 Å². The Labute approximate surface area is 122 Å². The highest BCUT2D eigenvalue weighted by atomic mass is 16.6. The van der Waals surface area contributed by atoms with E-state index in [9.17, 15) is 14.9 Å². The summed E-state index contributed by atoms with van der Waals surface area (Å²) in [6.45, 7) is 3.22. The Hall–Kier alpha value is -2.22. The second-order valence-corrected chi connectivity index (χ2v) is 4.98. The topological polar surface area (TPSA) is 106 Å². The Balaban J connectivity index is 2.16. The zero-order valence-electron chi connectivity index (χ0n) is 12.0. The molecule has 114 valence electrons. The summed E-state index contributed by atoms with van der Waals surface area (Å²) < 4.78 is 5.30. The average molecular weight is 294 g/mol. The van der Waals surface area contributed by atoms with Gasteiger partial charge in [-0.3, -0.25) is 14.9 Å². The summed E-state index contributed by atoms with van der Waals surface area (Å²) in [4.78, 5) is 26.4. The second kappa shape index (κ2) is 6.49. The molecule has 2 atom stereocenters. The van der Waals surface area contributed by atoms with Crippen LogP contribution in [-0.2, 0) is 4.74 Å². The number of nitrogens with one attached hydrogen (secondary N) is 2. The van der Waals surface area contributed by atoms with Gasteiger partial charge in [-0.05, 0) is 13.3 Å². The minimum absolute atomic E-state index is 0.0658. The summed E-state index contributed by atoms with van der Waals surface area (Å²) >= 11 is 0. The molecule has 2 rings (SSSR count). The molecule has 1 amide bonds. The van der Waals surface area contributed by atoms with E-state index in [0.29, 0.717) is 19.0 Å². The second-order valence-electron chi connectivity index (χ2n) is 4.98. The van der Waals surface area contributed by atoms with Crippen LogP contribution in [0, 0.1) is 16.0 Å². The van der Waals surface area contributed by atoms with Crippen LogP contribution in [0.2, 0.25) is 0 Å². The first-order valence-electron chi connectivity index (χ1n) is 6.73. The lowest BCUT2D eigenvalue weighted by Crippen LogP contribution is -2.38. The molecule has 2 unspecified atom stereocenters. The highest BCUT2D eigenvalue weighted by molar-refractivity contribution is 5.99. The highest BCUT2D eigenvalue weighted by Crippen LogP contribution is 2.20. The number of pyridine rings is 1. The number of hydrogen-bond donors (Lipinski definition) is 2. The highest BCUT2D eigenvalue weighted by Gasteiger charge is 2.25. The molecular formula is C13H18N4O4. The molecule has 0 bridgehead atoms. The SMILES string of the molecule is CNc1ncc([N+](=O)[O-])cc1C(=O)NC(C)C1CCOC1. The molecule has 0 spiro atoms. The van der Waals surface area contributed by atoms with E-state index in [4.69, 9.17) is 4.74 Å². The Morgan fingerprint density at radius 3 is 2.95 bits per heavy atom. The first-order valence-corrected chi connectivity index (χ1v) is 6.73. The van der Waals surface area contributed by atoms with E-state index in [1.54, 1.807) is 7.05 Å².